The number of nitrogens with one attached hydrogen (secondary N) is 1. The summed E-state index contributed by atoms with van der Waals surface area (Å²) in [6.07, 6.45) is -0.978. The van der Waals surface area contributed by atoms with Crippen LogP contribution in [0.4, 0.5) is 26.2 Å². The standard InChI is InChI=1S/C23H21FN4O6/c1-12-11-26-18-8-7-17(28(32)33)9-14(18)10-23(19(26)13(2)34-12)20(29)25-22(31)27(21(23)30)16-5-3-15(24)4-6-16/h3-9,12-13,19H,10-11H2,1-2H3,(H,25,29,31)/t12-,13-,19-,23-/m1/s1. The van der Waals surface area contributed by atoms with Crippen molar-refractivity contribution in [3.63, 3.8) is 0 Å². The van der Waals surface area contributed by atoms with Gasteiger partial charge in [0, 0.05) is 30.8 Å². The molecule has 3 heterocycles. The Labute approximate surface area is 193 Å². The number of ether oxygens (including phenoxy) is 1. The van der Waals surface area contributed by atoms with E-state index in [-0.39, 0.29) is 23.9 Å². The van der Waals surface area contributed by atoms with Crippen LogP contribution in [0.1, 0.15) is 19.4 Å². The fourth-order valence-corrected chi connectivity index (χ4v) is 5.45. The molecule has 2 saturated heterocycles. The highest BCUT2D eigenvalue weighted by Gasteiger charge is 2.65. The lowest BCUT2D eigenvalue weighted by Crippen LogP contribution is -2.76. The highest BCUT2D eigenvalue weighted by Crippen LogP contribution is 2.48. The van der Waals surface area contributed by atoms with Crippen molar-refractivity contribution >= 4 is 34.9 Å². The molecule has 176 valence electrons. The zero-order valence-electron chi connectivity index (χ0n) is 18.4. The van der Waals surface area contributed by atoms with Crippen molar-refractivity contribution < 1.29 is 28.4 Å². The molecular formula is C23H21FN4O6. The van der Waals surface area contributed by atoms with Crippen LogP contribution in [-0.2, 0) is 20.7 Å². The van der Waals surface area contributed by atoms with E-state index in [0.717, 1.165) is 17.0 Å². The van der Waals surface area contributed by atoms with E-state index in [9.17, 15) is 28.9 Å². The molecule has 4 atom stereocenters. The first-order valence-electron chi connectivity index (χ1n) is 10.8. The molecule has 0 aromatic heterocycles. The van der Waals surface area contributed by atoms with Crippen LogP contribution in [0, 0.1) is 21.3 Å². The number of fused-ring (bicyclic) bond motifs is 4. The van der Waals surface area contributed by atoms with Crippen molar-refractivity contribution in [1.82, 2.24) is 5.32 Å². The number of rotatable bonds is 2. The van der Waals surface area contributed by atoms with E-state index < -0.39 is 46.1 Å². The fourth-order valence-electron chi connectivity index (χ4n) is 5.45. The Bertz CT molecular complexity index is 1230. The summed E-state index contributed by atoms with van der Waals surface area (Å²) in [5.74, 6) is -2.13. The number of carbonyl (C=O) groups is 3. The van der Waals surface area contributed by atoms with Gasteiger partial charge in [0.1, 0.15) is 5.82 Å². The number of morpholine rings is 1. The molecule has 5 rings (SSSR count). The Kier molecular flexibility index (Phi) is 4.90. The second-order valence-corrected chi connectivity index (χ2v) is 8.84. The third kappa shape index (κ3) is 3.07. The van der Waals surface area contributed by atoms with Crippen LogP contribution in [0.25, 0.3) is 0 Å². The van der Waals surface area contributed by atoms with E-state index in [0.29, 0.717) is 17.8 Å². The van der Waals surface area contributed by atoms with Gasteiger partial charge in [0.05, 0.1) is 28.9 Å². The summed E-state index contributed by atoms with van der Waals surface area (Å²) < 4.78 is 19.5. The molecule has 10 nitrogen and oxygen atoms in total. The first-order chi connectivity index (χ1) is 16.1. The highest BCUT2D eigenvalue weighted by molar-refractivity contribution is 6.30. The van der Waals surface area contributed by atoms with Crippen LogP contribution in [0.2, 0.25) is 0 Å². The number of imide groups is 2. The van der Waals surface area contributed by atoms with Gasteiger partial charge < -0.3 is 9.64 Å². The lowest BCUT2D eigenvalue weighted by molar-refractivity contribution is -0.384. The quantitative estimate of drug-likeness (QED) is 0.408. The summed E-state index contributed by atoms with van der Waals surface area (Å²) in [5, 5.41) is 13.7. The van der Waals surface area contributed by atoms with Gasteiger partial charge in [-0.25, -0.2) is 14.1 Å². The second kappa shape index (κ2) is 7.59. The van der Waals surface area contributed by atoms with Crippen molar-refractivity contribution in [2.45, 2.75) is 38.5 Å². The maximum absolute atomic E-state index is 14.1. The fraction of sp³-hybridized carbons (Fsp3) is 0.348. The Hall–Kier alpha value is -3.86. The minimum atomic E-state index is -1.80. The number of hydrogen-bond donors (Lipinski definition) is 1. The number of halogens is 1. The van der Waals surface area contributed by atoms with E-state index in [1.165, 1.54) is 24.3 Å². The van der Waals surface area contributed by atoms with E-state index in [2.05, 4.69) is 5.32 Å². The zero-order valence-corrected chi connectivity index (χ0v) is 18.4. The van der Waals surface area contributed by atoms with Crippen LogP contribution >= 0.6 is 0 Å². The molecule has 0 radical (unpaired) electrons. The summed E-state index contributed by atoms with van der Waals surface area (Å²) in [6.45, 7) is 3.95. The first-order valence-corrected chi connectivity index (χ1v) is 10.8. The van der Waals surface area contributed by atoms with Gasteiger partial charge in [0.25, 0.3) is 11.6 Å². The molecule has 1 spiro atoms. The molecule has 4 amide bonds. The highest BCUT2D eigenvalue weighted by atomic mass is 19.1. The maximum Gasteiger partial charge on any atom is 0.335 e. The Morgan fingerprint density at radius 2 is 1.85 bits per heavy atom. The van der Waals surface area contributed by atoms with Crippen molar-refractivity contribution in [3.05, 3.63) is 64.0 Å². The summed E-state index contributed by atoms with van der Waals surface area (Å²) in [6, 6.07) is 7.41. The van der Waals surface area contributed by atoms with Gasteiger partial charge in [-0.2, -0.15) is 0 Å². The number of nitro benzene ring substituents is 1. The van der Waals surface area contributed by atoms with Gasteiger partial charge in [-0.3, -0.25) is 25.0 Å². The smallest absolute Gasteiger partial charge is 0.335 e. The number of amides is 4. The van der Waals surface area contributed by atoms with Crippen molar-refractivity contribution in [1.29, 1.82) is 0 Å². The van der Waals surface area contributed by atoms with E-state index in [1.807, 2.05) is 11.8 Å². The average Bonchev–Trinajstić information content (AvgIpc) is 2.78. The van der Waals surface area contributed by atoms with Gasteiger partial charge in [0.2, 0.25) is 5.91 Å². The minimum absolute atomic E-state index is 0.102. The predicted octanol–water partition coefficient (Wildman–Crippen LogP) is 2.54. The van der Waals surface area contributed by atoms with Gasteiger partial charge in [0.15, 0.2) is 5.41 Å². The normalized spacial score (nSPS) is 28.4. The van der Waals surface area contributed by atoms with Gasteiger partial charge >= 0.3 is 6.03 Å². The molecule has 2 aromatic rings. The van der Waals surface area contributed by atoms with Crippen LogP contribution in [0.5, 0.6) is 0 Å². The van der Waals surface area contributed by atoms with Gasteiger partial charge in [-0.1, -0.05) is 0 Å². The molecule has 1 N–H and O–H groups in total. The summed E-state index contributed by atoms with van der Waals surface area (Å²) in [4.78, 5) is 53.9. The molecule has 3 aliphatic rings. The number of barbiturate groups is 1. The molecule has 0 bridgehead atoms. The maximum atomic E-state index is 14.1. The predicted molar refractivity (Wildman–Crippen MR) is 118 cm³/mol. The number of non-ortho nitro benzene ring substituents is 1. The molecule has 0 aliphatic carbocycles. The number of nitro groups is 1. The zero-order chi connectivity index (χ0) is 24.4. The van der Waals surface area contributed by atoms with Crippen LogP contribution in [0.3, 0.4) is 0 Å². The number of urea groups is 1. The monoisotopic (exact) mass is 468 g/mol. The molecule has 2 fully saturated rings. The van der Waals surface area contributed by atoms with Crippen LogP contribution < -0.4 is 15.1 Å². The number of carbonyl (C=O) groups excluding carboxylic acids is 3. The van der Waals surface area contributed by atoms with E-state index >= 15 is 0 Å². The van der Waals surface area contributed by atoms with Crippen LogP contribution in [-0.4, -0.2) is 47.6 Å². The Morgan fingerprint density at radius 1 is 1.15 bits per heavy atom. The Morgan fingerprint density at radius 3 is 2.53 bits per heavy atom. The summed E-state index contributed by atoms with van der Waals surface area (Å²) >= 11 is 0. The van der Waals surface area contributed by atoms with Crippen LogP contribution in [0.15, 0.2) is 42.5 Å². The number of anilines is 2. The minimum Gasteiger partial charge on any atom is -0.372 e. The average molecular weight is 468 g/mol. The first kappa shape index (κ1) is 22.0. The molecule has 0 saturated carbocycles. The lowest BCUT2D eigenvalue weighted by Gasteiger charge is -2.56. The molecule has 34 heavy (non-hydrogen) atoms. The van der Waals surface area contributed by atoms with Crippen molar-refractivity contribution in [3.8, 4) is 0 Å². The number of nitrogens with zero attached hydrogens (tertiary/aromatic N) is 3. The Balaban J connectivity index is 1.70. The van der Waals surface area contributed by atoms with Crippen molar-refractivity contribution in [2.24, 2.45) is 5.41 Å². The topological polar surface area (TPSA) is 122 Å². The third-order valence-corrected chi connectivity index (χ3v) is 6.74. The second-order valence-electron chi connectivity index (χ2n) is 8.84. The van der Waals surface area contributed by atoms with E-state index in [4.69, 9.17) is 4.74 Å². The lowest BCUT2D eigenvalue weighted by atomic mass is 9.66. The van der Waals surface area contributed by atoms with Gasteiger partial charge in [-0.15, -0.1) is 0 Å². The largest absolute Gasteiger partial charge is 0.372 e. The summed E-state index contributed by atoms with van der Waals surface area (Å²) in [7, 11) is 0. The number of hydrogen-bond acceptors (Lipinski definition) is 7. The number of benzene rings is 2. The molecule has 3 aliphatic heterocycles. The van der Waals surface area contributed by atoms with Crippen molar-refractivity contribution in [2.75, 3.05) is 16.3 Å². The third-order valence-electron chi connectivity index (χ3n) is 6.74. The SMILES string of the molecule is C[C@@H]1CN2c3ccc([N+](=O)[O-])cc3C[C@]3(C(=O)NC(=O)N(c4ccc(F)cc4)C3=O)[C@H]2[C@@H](C)O1. The molecule has 0 unspecified atom stereocenters. The molecule has 2 aromatic carbocycles. The molecular weight excluding hydrogens is 447 g/mol. The van der Waals surface area contributed by atoms with Gasteiger partial charge in [-0.05, 0) is 49.7 Å². The molecule has 11 heteroatoms. The van der Waals surface area contributed by atoms with E-state index in [1.54, 1.807) is 13.0 Å². The summed E-state index contributed by atoms with van der Waals surface area (Å²) in [5.41, 5.74) is -0.746.